The molecule has 0 atom stereocenters. The van der Waals surface area contributed by atoms with Gasteiger partial charge in [-0.3, -0.25) is 0 Å². The van der Waals surface area contributed by atoms with Crippen LogP contribution in [0.1, 0.15) is 110 Å². The maximum atomic E-state index is 6.59. The lowest BCUT2D eigenvalue weighted by Gasteiger charge is -2.42. The molecule has 0 spiro atoms. The molecule has 0 aromatic carbocycles. The predicted molar refractivity (Wildman–Crippen MR) is 96.9 cm³/mol. The highest BCUT2D eigenvalue weighted by molar-refractivity contribution is 4.75. The van der Waals surface area contributed by atoms with Crippen LogP contribution in [0.25, 0.3) is 0 Å². The van der Waals surface area contributed by atoms with Crippen molar-refractivity contribution in [3.8, 4) is 0 Å². The lowest BCUT2D eigenvalue weighted by Crippen LogP contribution is -2.47. The Morgan fingerprint density at radius 1 is 0.542 bits per heavy atom. The van der Waals surface area contributed by atoms with E-state index in [0.717, 1.165) is 6.42 Å². The van der Waals surface area contributed by atoms with Crippen molar-refractivity contribution in [3.05, 3.63) is 0 Å². The molecule has 0 amide bonds. The zero-order valence-electron chi connectivity index (χ0n) is 15.8. The molecular formula is C21H38O3. The summed E-state index contributed by atoms with van der Waals surface area (Å²) in [4.78, 5) is 0. The van der Waals surface area contributed by atoms with Gasteiger partial charge >= 0.3 is 0 Å². The largest absolute Gasteiger partial charge is 0.324 e. The first-order valence-electron chi connectivity index (χ1n) is 10.8. The number of rotatable bonds is 7. The molecule has 3 rings (SSSR count). The predicted octanol–water partition coefficient (Wildman–Crippen LogP) is 6.10. The van der Waals surface area contributed by atoms with Crippen LogP contribution in [0.5, 0.6) is 0 Å². The molecule has 0 N–H and O–H groups in total. The summed E-state index contributed by atoms with van der Waals surface area (Å²) < 4.78 is 19.8. The van der Waals surface area contributed by atoms with Crippen molar-refractivity contribution in [1.82, 2.24) is 0 Å². The van der Waals surface area contributed by atoms with Gasteiger partial charge in [0.15, 0.2) is 0 Å². The van der Waals surface area contributed by atoms with Crippen molar-refractivity contribution in [2.75, 3.05) is 0 Å². The van der Waals surface area contributed by atoms with Gasteiger partial charge in [0.2, 0.25) is 0 Å². The Balaban J connectivity index is 1.65. The van der Waals surface area contributed by atoms with E-state index < -0.39 is 5.97 Å². The monoisotopic (exact) mass is 338 g/mol. The molecule has 0 saturated heterocycles. The fourth-order valence-corrected chi connectivity index (χ4v) is 4.64. The van der Waals surface area contributed by atoms with Crippen molar-refractivity contribution >= 4 is 0 Å². The summed E-state index contributed by atoms with van der Waals surface area (Å²) in [5.74, 6) is -0.786. The van der Waals surface area contributed by atoms with Crippen LogP contribution >= 0.6 is 0 Å². The molecular weight excluding hydrogens is 300 g/mol. The third kappa shape index (κ3) is 5.44. The molecule has 0 heterocycles. The topological polar surface area (TPSA) is 27.7 Å². The van der Waals surface area contributed by atoms with Crippen LogP contribution in [0.3, 0.4) is 0 Å². The van der Waals surface area contributed by atoms with E-state index in [9.17, 15) is 0 Å². The fourth-order valence-electron chi connectivity index (χ4n) is 4.64. The standard InChI is InChI=1S/C21H38O3/c1-2-21(22-18-12-6-3-7-13-18,23-19-14-8-4-9-15-19)24-20-16-10-5-11-17-20/h18-20H,2-17H2,1H3. The van der Waals surface area contributed by atoms with Crippen molar-refractivity contribution in [1.29, 1.82) is 0 Å². The zero-order valence-corrected chi connectivity index (χ0v) is 15.8. The van der Waals surface area contributed by atoms with Crippen LogP contribution in [0.2, 0.25) is 0 Å². The lowest BCUT2D eigenvalue weighted by molar-refractivity contribution is -0.423. The van der Waals surface area contributed by atoms with Gasteiger partial charge in [-0.15, -0.1) is 0 Å². The van der Waals surface area contributed by atoms with E-state index in [1.165, 1.54) is 96.3 Å². The summed E-state index contributed by atoms with van der Waals surface area (Å²) in [7, 11) is 0. The first kappa shape index (κ1) is 18.7. The van der Waals surface area contributed by atoms with Crippen LogP contribution in [0.4, 0.5) is 0 Å². The van der Waals surface area contributed by atoms with E-state index in [-0.39, 0.29) is 0 Å². The van der Waals surface area contributed by atoms with Crippen LogP contribution < -0.4 is 0 Å². The normalized spacial score (nSPS) is 25.9. The Kier molecular flexibility index (Phi) is 7.42. The van der Waals surface area contributed by atoms with Crippen molar-refractivity contribution in [2.24, 2.45) is 0 Å². The molecule has 3 aliphatic rings. The summed E-state index contributed by atoms with van der Waals surface area (Å²) in [6.45, 7) is 2.18. The second-order valence-electron chi connectivity index (χ2n) is 8.17. The molecule has 0 radical (unpaired) electrons. The van der Waals surface area contributed by atoms with Gasteiger partial charge in [0.05, 0.1) is 18.3 Å². The van der Waals surface area contributed by atoms with Gasteiger partial charge in [0.25, 0.3) is 5.97 Å². The number of hydrogen-bond donors (Lipinski definition) is 0. The van der Waals surface area contributed by atoms with E-state index in [2.05, 4.69) is 6.92 Å². The minimum absolute atomic E-state index is 0.325. The summed E-state index contributed by atoms with van der Waals surface area (Å²) in [6.07, 6.45) is 20.6. The average Bonchev–Trinajstić information content (AvgIpc) is 2.64. The molecule has 0 aromatic heterocycles. The van der Waals surface area contributed by atoms with E-state index >= 15 is 0 Å². The molecule has 3 aliphatic carbocycles. The second-order valence-corrected chi connectivity index (χ2v) is 8.17. The Morgan fingerprint density at radius 2 is 0.833 bits per heavy atom. The summed E-state index contributed by atoms with van der Waals surface area (Å²) in [6, 6.07) is 0. The molecule has 3 heteroatoms. The molecule has 3 fully saturated rings. The molecule has 0 unspecified atom stereocenters. The molecule has 0 aromatic rings. The van der Waals surface area contributed by atoms with Gasteiger partial charge in [-0.2, -0.15) is 0 Å². The Labute approximate surface area is 148 Å². The molecule has 24 heavy (non-hydrogen) atoms. The van der Waals surface area contributed by atoms with Crippen LogP contribution in [-0.4, -0.2) is 24.3 Å². The zero-order chi connectivity index (χ0) is 16.7. The van der Waals surface area contributed by atoms with Crippen LogP contribution in [-0.2, 0) is 14.2 Å². The number of ether oxygens (including phenoxy) is 3. The third-order valence-electron chi connectivity index (χ3n) is 6.13. The minimum atomic E-state index is -0.786. The summed E-state index contributed by atoms with van der Waals surface area (Å²) >= 11 is 0. The Bertz CT molecular complexity index is 289. The first-order chi connectivity index (χ1) is 11.8. The average molecular weight is 339 g/mol. The van der Waals surface area contributed by atoms with Gasteiger partial charge in [-0.05, 0) is 38.5 Å². The fraction of sp³-hybridized carbons (Fsp3) is 1.00. The van der Waals surface area contributed by atoms with E-state index in [1.54, 1.807) is 0 Å². The van der Waals surface area contributed by atoms with Crippen LogP contribution in [0.15, 0.2) is 0 Å². The molecule has 140 valence electrons. The van der Waals surface area contributed by atoms with Gasteiger partial charge < -0.3 is 14.2 Å². The molecule has 0 aliphatic heterocycles. The highest BCUT2D eigenvalue weighted by Gasteiger charge is 2.40. The van der Waals surface area contributed by atoms with Crippen LogP contribution in [0, 0.1) is 0 Å². The lowest BCUT2D eigenvalue weighted by atomic mass is 9.96. The Morgan fingerprint density at radius 3 is 1.08 bits per heavy atom. The SMILES string of the molecule is CCC(OC1CCCCC1)(OC1CCCCC1)OC1CCCCC1. The molecule has 3 saturated carbocycles. The third-order valence-corrected chi connectivity index (χ3v) is 6.13. The highest BCUT2D eigenvalue weighted by Crippen LogP contribution is 2.36. The maximum absolute atomic E-state index is 6.59. The molecule has 3 nitrogen and oxygen atoms in total. The van der Waals surface area contributed by atoms with E-state index in [0.29, 0.717) is 18.3 Å². The minimum Gasteiger partial charge on any atom is -0.324 e. The van der Waals surface area contributed by atoms with E-state index in [1.807, 2.05) is 0 Å². The van der Waals surface area contributed by atoms with Crippen molar-refractivity contribution in [3.63, 3.8) is 0 Å². The summed E-state index contributed by atoms with van der Waals surface area (Å²) in [5, 5.41) is 0. The maximum Gasteiger partial charge on any atom is 0.283 e. The van der Waals surface area contributed by atoms with Gasteiger partial charge in [-0.1, -0.05) is 64.7 Å². The molecule has 0 bridgehead atoms. The number of hydrogen-bond acceptors (Lipinski definition) is 3. The Hall–Kier alpha value is -0.120. The van der Waals surface area contributed by atoms with Gasteiger partial charge in [-0.25, -0.2) is 0 Å². The van der Waals surface area contributed by atoms with Crippen molar-refractivity contribution in [2.45, 2.75) is 134 Å². The summed E-state index contributed by atoms with van der Waals surface area (Å²) in [5.41, 5.74) is 0. The highest BCUT2D eigenvalue weighted by atomic mass is 16.9. The quantitative estimate of drug-likeness (QED) is 0.525. The van der Waals surface area contributed by atoms with Gasteiger partial charge in [0, 0.05) is 6.42 Å². The second kappa shape index (κ2) is 9.54. The van der Waals surface area contributed by atoms with E-state index in [4.69, 9.17) is 14.2 Å². The van der Waals surface area contributed by atoms with Gasteiger partial charge in [0.1, 0.15) is 0 Å². The first-order valence-corrected chi connectivity index (χ1v) is 10.8. The smallest absolute Gasteiger partial charge is 0.283 e. The van der Waals surface area contributed by atoms with Crippen molar-refractivity contribution < 1.29 is 14.2 Å².